The summed E-state index contributed by atoms with van der Waals surface area (Å²) >= 11 is 1.48. The van der Waals surface area contributed by atoms with Gasteiger partial charge in [-0.25, -0.2) is 9.78 Å². The van der Waals surface area contributed by atoms with Gasteiger partial charge in [0.05, 0.1) is 23.3 Å². The van der Waals surface area contributed by atoms with Crippen molar-refractivity contribution in [1.29, 1.82) is 0 Å². The fourth-order valence-corrected chi connectivity index (χ4v) is 4.25. The van der Waals surface area contributed by atoms with E-state index >= 15 is 0 Å². The van der Waals surface area contributed by atoms with Gasteiger partial charge in [-0.05, 0) is 45.7 Å². The molecule has 0 spiro atoms. The second-order valence-corrected chi connectivity index (χ2v) is 9.28. The van der Waals surface area contributed by atoms with Gasteiger partial charge in [0.15, 0.2) is 0 Å². The topological polar surface area (TPSA) is 93.2 Å². The summed E-state index contributed by atoms with van der Waals surface area (Å²) in [6.07, 6.45) is 5.20. The summed E-state index contributed by atoms with van der Waals surface area (Å²) < 4.78 is 5.31. The van der Waals surface area contributed by atoms with Crippen LogP contribution in [0, 0.1) is 0 Å². The second kappa shape index (κ2) is 8.90. The number of alkyl carbamates (subject to hydrolysis) is 1. The molecule has 2 heterocycles. The van der Waals surface area contributed by atoms with Gasteiger partial charge in [0.1, 0.15) is 10.6 Å². The Morgan fingerprint density at radius 3 is 2.66 bits per heavy atom. The van der Waals surface area contributed by atoms with Crippen LogP contribution in [-0.2, 0) is 16.0 Å². The number of aromatic nitrogens is 2. The molecule has 2 amide bonds. The number of carbonyl (C=O) groups is 2. The maximum absolute atomic E-state index is 12.7. The van der Waals surface area contributed by atoms with Gasteiger partial charge in [0.25, 0.3) is 0 Å². The van der Waals surface area contributed by atoms with Crippen LogP contribution in [-0.4, -0.2) is 39.7 Å². The lowest BCUT2D eigenvalue weighted by Crippen LogP contribution is -2.54. The van der Waals surface area contributed by atoms with Crippen LogP contribution >= 0.6 is 11.3 Å². The van der Waals surface area contributed by atoms with Gasteiger partial charge in [0, 0.05) is 18.1 Å². The van der Waals surface area contributed by atoms with Gasteiger partial charge in [-0.2, -0.15) is 0 Å². The van der Waals surface area contributed by atoms with E-state index in [-0.39, 0.29) is 12.3 Å². The highest BCUT2D eigenvalue weighted by Gasteiger charge is 2.36. The van der Waals surface area contributed by atoms with Crippen LogP contribution in [0.25, 0.3) is 10.7 Å². The highest BCUT2D eigenvalue weighted by atomic mass is 32.1. The average Bonchev–Trinajstić information content (AvgIpc) is 3.30. The molecule has 7 nitrogen and oxygen atoms in total. The maximum atomic E-state index is 12.7. The summed E-state index contributed by atoms with van der Waals surface area (Å²) in [6.45, 7) is 5.84. The van der Waals surface area contributed by atoms with Crippen LogP contribution in [0.15, 0.2) is 29.8 Å². The van der Waals surface area contributed by atoms with E-state index in [0.29, 0.717) is 6.54 Å². The maximum Gasteiger partial charge on any atom is 0.407 e. The van der Waals surface area contributed by atoms with E-state index in [4.69, 9.17) is 4.74 Å². The molecule has 0 aliphatic heterocycles. The Hall–Kier alpha value is -2.48. The van der Waals surface area contributed by atoms with Crippen LogP contribution in [0.4, 0.5) is 4.79 Å². The molecule has 29 heavy (non-hydrogen) atoms. The SMILES string of the molecule is CC(C)(C)OC(=O)NCC1(NC(=O)Cc2csc(-c3ccccn3)n2)CCCC1. The number of hydrogen-bond donors (Lipinski definition) is 2. The van der Waals surface area contributed by atoms with Gasteiger partial charge >= 0.3 is 6.09 Å². The van der Waals surface area contributed by atoms with E-state index in [1.807, 2.05) is 44.4 Å². The monoisotopic (exact) mass is 416 g/mol. The zero-order valence-corrected chi connectivity index (χ0v) is 18.0. The fraction of sp³-hybridized carbons (Fsp3) is 0.524. The number of carbonyl (C=O) groups excluding carboxylic acids is 2. The average molecular weight is 417 g/mol. The molecular formula is C21H28N4O3S. The number of amides is 2. The van der Waals surface area contributed by atoms with Gasteiger partial charge in [-0.15, -0.1) is 11.3 Å². The number of ether oxygens (including phenoxy) is 1. The summed E-state index contributed by atoms with van der Waals surface area (Å²) in [5.41, 5.74) is 0.555. The molecule has 0 bridgehead atoms. The summed E-state index contributed by atoms with van der Waals surface area (Å²) in [5.74, 6) is -0.0873. The number of rotatable bonds is 6. The van der Waals surface area contributed by atoms with Crippen LogP contribution in [0.3, 0.4) is 0 Å². The largest absolute Gasteiger partial charge is 0.444 e. The van der Waals surface area contributed by atoms with E-state index < -0.39 is 17.2 Å². The van der Waals surface area contributed by atoms with Crippen molar-refractivity contribution < 1.29 is 14.3 Å². The molecule has 3 rings (SSSR count). The number of nitrogens with one attached hydrogen (secondary N) is 2. The minimum Gasteiger partial charge on any atom is -0.444 e. The molecule has 0 atom stereocenters. The van der Waals surface area contributed by atoms with E-state index in [1.54, 1.807) is 6.20 Å². The van der Waals surface area contributed by atoms with Crippen molar-refractivity contribution in [3.63, 3.8) is 0 Å². The van der Waals surface area contributed by atoms with Crippen molar-refractivity contribution in [3.8, 4) is 10.7 Å². The van der Waals surface area contributed by atoms with E-state index in [2.05, 4.69) is 20.6 Å². The Morgan fingerprint density at radius 2 is 2.00 bits per heavy atom. The predicted molar refractivity (Wildman–Crippen MR) is 113 cm³/mol. The molecule has 0 saturated heterocycles. The Morgan fingerprint density at radius 1 is 1.24 bits per heavy atom. The Balaban J connectivity index is 1.57. The standard InChI is InChI=1S/C21H28N4O3S/c1-20(2,3)28-19(27)23-14-21(9-5-6-10-21)25-17(26)12-15-13-29-18(24-15)16-8-4-7-11-22-16/h4,7-8,11,13H,5-6,9-10,12,14H2,1-3H3,(H,23,27)(H,25,26). The summed E-state index contributed by atoms with van der Waals surface area (Å²) in [7, 11) is 0. The molecule has 1 saturated carbocycles. The van der Waals surface area contributed by atoms with Crippen LogP contribution in [0.1, 0.15) is 52.1 Å². The van der Waals surface area contributed by atoms with Crippen molar-refractivity contribution in [1.82, 2.24) is 20.6 Å². The first-order valence-corrected chi connectivity index (χ1v) is 10.8. The smallest absolute Gasteiger partial charge is 0.407 e. The van der Waals surface area contributed by atoms with Crippen LogP contribution in [0.5, 0.6) is 0 Å². The minimum absolute atomic E-state index is 0.0873. The predicted octanol–water partition coefficient (Wildman–Crippen LogP) is 3.70. The molecule has 0 radical (unpaired) electrons. The van der Waals surface area contributed by atoms with Crippen molar-refractivity contribution in [2.75, 3.05) is 6.54 Å². The molecular weight excluding hydrogens is 388 g/mol. The number of pyridine rings is 1. The third kappa shape index (κ3) is 6.25. The summed E-state index contributed by atoms with van der Waals surface area (Å²) in [6, 6.07) is 5.67. The molecule has 2 aromatic rings. The quantitative estimate of drug-likeness (QED) is 0.749. The Bertz CT molecular complexity index is 839. The van der Waals surface area contributed by atoms with Crippen molar-refractivity contribution >= 4 is 23.3 Å². The fourth-order valence-electron chi connectivity index (χ4n) is 3.45. The molecule has 156 valence electrons. The molecule has 1 aliphatic rings. The van der Waals surface area contributed by atoms with Crippen molar-refractivity contribution in [2.45, 2.75) is 64.0 Å². The van der Waals surface area contributed by atoms with Crippen LogP contribution in [0.2, 0.25) is 0 Å². The van der Waals surface area contributed by atoms with Crippen molar-refractivity contribution in [2.24, 2.45) is 0 Å². The molecule has 2 N–H and O–H groups in total. The number of thiazole rings is 1. The summed E-state index contributed by atoms with van der Waals surface area (Å²) in [5, 5.41) is 8.66. The number of hydrogen-bond acceptors (Lipinski definition) is 6. The lowest BCUT2D eigenvalue weighted by molar-refractivity contribution is -0.122. The Kier molecular flexibility index (Phi) is 6.52. The van der Waals surface area contributed by atoms with Gasteiger partial charge < -0.3 is 15.4 Å². The molecule has 1 aliphatic carbocycles. The molecule has 0 aromatic carbocycles. The third-order valence-corrected chi connectivity index (χ3v) is 5.63. The minimum atomic E-state index is -0.549. The first kappa shape index (κ1) is 21.2. The molecule has 2 aromatic heterocycles. The number of nitrogens with zero attached hydrogens (tertiary/aromatic N) is 2. The first-order chi connectivity index (χ1) is 13.7. The third-order valence-electron chi connectivity index (χ3n) is 4.71. The second-order valence-electron chi connectivity index (χ2n) is 8.43. The van der Waals surface area contributed by atoms with Gasteiger partial charge in [0.2, 0.25) is 5.91 Å². The Labute approximate surface area is 175 Å². The van der Waals surface area contributed by atoms with Crippen LogP contribution < -0.4 is 10.6 Å². The van der Waals surface area contributed by atoms with Gasteiger partial charge in [-0.3, -0.25) is 9.78 Å². The van der Waals surface area contributed by atoms with E-state index in [1.165, 1.54) is 11.3 Å². The highest BCUT2D eigenvalue weighted by Crippen LogP contribution is 2.29. The molecule has 1 fully saturated rings. The normalized spacial score (nSPS) is 15.7. The van der Waals surface area contributed by atoms with Crippen molar-refractivity contribution in [3.05, 3.63) is 35.5 Å². The van der Waals surface area contributed by atoms with E-state index in [0.717, 1.165) is 42.1 Å². The van der Waals surface area contributed by atoms with Gasteiger partial charge in [-0.1, -0.05) is 18.9 Å². The highest BCUT2D eigenvalue weighted by molar-refractivity contribution is 7.13. The molecule has 8 heteroatoms. The lowest BCUT2D eigenvalue weighted by atomic mass is 9.97. The lowest BCUT2D eigenvalue weighted by Gasteiger charge is -2.31. The van der Waals surface area contributed by atoms with E-state index in [9.17, 15) is 9.59 Å². The molecule has 0 unspecified atom stereocenters. The zero-order valence-electron chi connectivity index (χ0n) is 17.2. The zero-order chi connectivity index (χ0) is 20.9. The first-order valence-electron chi connectivity index (χ1n) is 9.88. The summed E-state index contributed by atoms with van der Waals surface area (Å²) in [4.78, 5) is 33.5.